The summed E-state index contributed by atoms with van der Waals surface area (Å²) in [6.07, 6.45) is 0. The maximum atomic E-state index is 11.3. The van der Waals surface area contributed by atoms with Crippen molar-refractivity contribution in [1.29, 1.82) is 0 Å². The first-order valence-corrected chi connectivity index (χ1v) is 4.35. The van der Waals surface area contributed by atoms with Crippen LogP contribution >= 0.6 is 15.9 Å². The van der Waals surface area contributed by atoms with Crippen LogP contribution in [0.5, 0.6) is 5.75 Å². The van der Waals surface area contributed by atoms with E-state index in [2.05, 4.69) is 25.9 Å². The Bertz CT molecular complexity index is 521. The number of H-pyrrole nitrogens is 1. The number of aromatic amines is 1. The van der Waals surface area contributed by atoms with Crippen LogP contribution < -0.4 is 5.56 Å². The molecule has 1 heterocycles. The van der Waals surface area contributed by atoms with Gasteiger partial charge in [-0.15, -0.1) is 0 Å². The third-order valence-electron chi connectivity index (χ3n) is 1.69. The lowest BCUT2D eigenvalue weighted by Crippen LogP contribution is -2.07. The second-order valence-electron chi connectivity index (χ2n) is 2.53. The summed E-state index contributed by atoms with van der Waals surface area (Å²) in [5.41, 5.74) is 0.0332. The Morgan fingerprint density at radius 1 is 1.46 bits per heavy atom. The van der Waals surface area contributed by atoms with E-state index in [1.807, 2.05) is 0 Å². The van der Waals surface area contributed by atoms with Gasteiger partial charge < -0.3 is 10.1 Å². The summed E-state index contributed by atoms with van der Waals surface area (Å²) in [5, 5.41) is 9.76. The van der Waals surface area contributed by atoms with Crippen molar-refractivity contribution in [1.82, 2.24) is 9.97 Å². The number of benzene rings is 1. The van der Waals surface area contributed by atoms with Crippen LogP contribution in [0.1, 0.15) is 0 Å². The summed E-state index contributed by atoms with van der Waals surface area (Å²) in [4.78, 5) is 17.7. The highest BCUT2D eigenvalue weighted by molar-refractivity contribution is 9.10. The summed E-state index contributed by atoms with van der Waals surface area (Å²) >= 11 is 3.04. The van der Waals surface area contributed by atoms with E-state index in [0.717, 1.165) is 0 Å². The Balaban J connectivity index is 3.03. The predicted octanol–water partition coefficient (Wildman–Crippen LogP) is 1.39. The molecule has 1 aromatic heterocycles. The number of para-hydroxylation sites is 1. The normalized spacial score (nSPS) is 10.5. The zero-order valence-electron chi connectivity index (χ0n) is 6.41. The van der Waals surface area contributed by atoms with Crippen LogP contribution in [0.25, 0.3) is 10.9 Å². The Hall–Kier alpha value is -1.36. The fourth-order valence-corrected chi connectivity index (χ4v) is 1.48. The summed E-state index contributed by atoms with van der Waals surface area (Å²) in [5.74, 6) is 0.00398. The standard InChI is InChI=1S/C8H5BrN2O2/c9-8-10-6-4(7(13)11-8)2-1-3-5(6)12/h1-3,12H,(H,10,11,13). The second kappa shape index (κ2) is 2.85. The van der Waals surface area contributed by atoms with Crippen molar-refractivity contribution in [3.8, 4) is 5.75 Å². The molecule has 0 radical (unpaired) electrons. The van der Waals surface area contributed by atoms with Gasteiger partial charge in [-0.25, -0.2) is 4.98 Å². The number of hydrogen-bond acceptors (Lipinski definition) is 3. The number of aromatic nitrogens is 2. The van der Waals surface area contributed by atoms with E-state index in [4.69, 9.17) is 0 Å². The fraction of sp³-hybridized carbons (Fsp3) is 0. The van der Waals surface area contributed by atoms with E-state index in [9.17, 15) is 9.90 Å². The second-order valence-corrected chi connectivity index (χ2v) is 3.28. The number of phenols is 1. The number of fused-ring (bicyclic) bond motifs is 1. The zero-order valence-corrected chi connectivity index (χ0v) is 8.00. The average Bonchev–Trinajstić information content (AvgIpc) is 2.07. The van der Waals surface area contributed by atoms with Crippen molar-refractivity contribution in [2.75, 3.05) is 0 Å². The van der Waals surface area contributed by atoms with E-state index in [0.29, 0.717) is 15.6 Å². The van der Waals surface area contributed by atoms with Crippen molar-refractivity contribution in [3.63, 3.8) is 0 Å². The molecule has 13 heavy (non-hydrogen) atoms. The van der Waals surface area contributed by atoms with Crippen molar-refractivity contribution < 1.29 is 5.11 Å². The highest BCUT2D eigenvalue weighted by Gasteiger charge is 2.04. The Morgan fingerprint density at radius 3 is 3.00 bits per heavy atom. The van der Waals surface area contributed by atoms with Gasteiger partial charge in [-0.3, -0.25) is 4.79 Å². The molecule has 66 valence electrons. The molecule has 0 fully saturated rings. The number of halogens is 1. The third kappa shape index (κ3) is 1.31. The van der Waals surface area contributed by atoms with E-state index < -0.39 is 0 Å². The van der Waals surface area contributed by atoms with Crippen LogP contribution in [0, 0.1) is 0 Å². The van der Waals surface area contributed by atoms with Crippen LogP contribution in [0.4, 0.5) is 0 Å². The van der Waals surface area contributed by atoms with Crippen LogP contribution in [-0.4, -0.2) is 15.1 Å². The summed E-state index contributed by atoms with van der Waals surface area (Å²) in [6.45, 7) is 0. The SMILES string of the molecule is O=c1[nH]c(Br)nc2c(O)cccc12. The number of aromatic hydroxyl groups is 1. The summed E-state index contributed by atoms with van der Waals surface area (Å²) in [7, 11) is 0. The molecule has 0 bridgehead atoms. The van der Waals surface area contributed by atoms with Gasteiger partial charge in [0.05, 0.1) is 5.39 Å². The molecule has 0 atom stereocenters. The van der Waals surface area contributed by atoms with E-state index in [1.165, 1.54) is 6.07 Å². The van der Waals surface area contributed by atoms with Gasteiger partial charge in [-0.1, -0.05) is 6.07 Å². The monoisotopic (exact) mass is 240 g/mol. The van der Waals surface area contributed by atoms with Gasteiger partial charge in [0, 0.05) is 0 Å². The average molecular weight is 241 g/mol. The predicted molar refractivity (Wildman–Crippen MR) is 51.7 cm³/mol. The molecule has 0 aliphatic rings. The van der Waals surface area contributed by atoms with Crippen LogP contribution in [-0.2, 0) is 0 Å². The van der Waals surface area contributed by atoms with Gasteiger partial charge >= 0.3 is 0 Å². The quantitative estimate of drug-likeness (QED) is 0.685. The van der Waals surface area contributed by atoms with Crippen LogP contribution in [0.2, 0.25) is 0 Å². The molecule has 4 nitrogen and oxygen atoms in total. The minimum atomic E-state index is -0.271. The molecule has 2 rings (SSSR count). The van der Waals surface area contributed by atoms with Gasteiger partial charge in [-0.05, 0) is 28.1 Å². The van der Waals surface area contributed by atoms with Crippen molar-refractivity contribution >= 4 is 26.8 Å². The Morgan fingerprint density at radius 2 is 2.23 bits per heavy atom. The number of rotatable bonds is 0. The first-order chi connectivity index (χ1) is 6.18. The third-order valence-corrected chi connectivity index (χ3v) is 2.06. The maximum absolute atomic E-state index is 11.3. The molecular weight excluding hydrogens is 236 g/mol. The van der Waals surface area contributed by atoms with Gasteiger partial charge in [-0.2, -0.15) is 0 Å². The number of phenolic OH excluding ortho intramolecular Hbond substituents is 1. The smallest absolute Gasteiger partial charge is 0.259 e. The molecule has 2 aromatic rings. The van der Waals surface area contributed by atoms with Gasteiger partial charge in [0.1, 0.15) is 11.3 Å². The van der Waals surface area contributed by atoms with Crippen molar-refractivity contribution in [2.45, 2.75) is 0 Å². The Labute approximate surface area is 81.4 Å². The lowest BCUT2D eigenvalue weighted by Gasteiger charge is -1.98. The topological polar surface area (TPSA) is 66.0 Å². The van der Waals surface area contributed by atoms with Crippen molar-refractivity contribution in [2.24, 2.45) is 0 Å². The van der Waals surface area contributed by atoms with Gasteiger partial charge in [0.2, 0.25) is 0 Å². The van der Waals surface area contributed by atoms with Crippen LogP contribution in [0.15, 0.2) is 27.7 Å². The van der Waals surface area contributed by atoms with E-state index >= 15 is 0 Å². The van der Waals surface area contributed by atoms with Crippen LogP contribution in [0.3, 0.4) is 0 Å². The molecule has 1 aromatic carbocycles. The first kappa shape index (κ1) is 8.25. The molecule has 0 saturated carbocycles. The first-order valence-electron chi connectivity index (χ1n) is 3.56. The minimum absolute atomic E-state index is 0.00398. The highest BCUT2D eigenvalue weighted by atomic mass is 79.9. The van der Waals surface area contributed by atoms with Crippen molar-refractivity contribution in [3.05, 3.63) is 33.3 Å². The number of hydrogen-bond donors (Lipinski definition) is 2. The lowest BCUT2D eigenvalue weighted by atomic mass is 10.2. The largest absolute Gasteiger partial charge is 0.506 e. The summed E-state index contributed by atoms with van der Waals surface area (Å²) < 4.78 is 0.312. The maximum Gasteiger partial charge on any atom is 0.259 e. The molecule has 2 N–H and O–H groups in total. The number of nitrogens with zero attached hydrogens (tertiary/aromatic N) is 1. The molecule has 0 spiro atoms. The fourth-order valence-electron chi connectivity index (χ4n) is 1.12. The molecule has 0 saturated heterocycles. The molecule has 0 aliphatic heterocycles. The molecule has 0 amide bonds. The van der Waals surface area contributed by atoms with Gasteiger partial charge in [0.15, 0.2) is 4.73 Å². The van der Waals surface area contributed by atoms with E-state index in [-0.39, 0.29) is 11.3 Å². The summed E-state index contributed by atoms with van der Waals surface area (Å²) in [6, 6.07) is 4.69. The van der Waals surface area contributed by atoms with E-state index in [1.54, 1.807) is 12.1 Å². The molecular formula is C8H5BrN2O2. The lowest BCUT2D eigenvalue weighted by molar-refractivity contribution is 0.480. The molecule has 0 unspecified atom stereocenters. The van der Waals surface area contributed by atoms with Gasteiger partial charge in [0.25, 0.3) is 5.56 Å². The highest BCUT2D eigenvalue weighted by Crippen LogP contribution is 2.19. The zero-order chi connectivity index (χ0) is 9.42. The Kier molecular flexibility index (Phi) is 1.81. The minimum Gasteiger partial charge on any atom is -0.506 e. The molecule has 5 heteroatoms. The number of nitrogens with one attached hydrogen (secondary N) is 1. The molecule has 0 aliphatic carbocycles.